The molecule has 3 heterocycles. The number of anilines is 2. The molecular weight excluding hydrogens is 566 g/mol. The predicted molar refractivity (Wildman–Crippen MR) is 162 cm³/mol. The molecule has 3 N–H and O–H groups in total. The number of aryl methyl sites for hydroxylation is 1. The summed E-state index contributed by atoms with van der Waals surface area (Å²) >= 11 is 0. The standard InChI is InChI=1S/C34H36F2N4O4/c1-21-16-27(39-30(17-21)40-29-18-24(32(35)36)14-15-37-29)25-10-13-28(38-19-25)34(2,43)26-11-8-22(9-12-26)20-44-33(42)31(41)23-6-4-3-5-7-23/h3-7,10,13-19,22,26,31-32,41,43H,8-9,11-12,20H2,1-2H3,(H,37,39,40)/t22?,26?,31-,34-/m1/s1. The van der Waals surface area contributed by atoms with Crippen LogP contribution in [0.1, 0.15) is 67.5 Å². The molecule has 1 saturated carbocycles. The second-order valence-corrected chi connectivity index (χ2v) is 11.6. The summed E-state index contributed by atoms with van der Waals surface area (Å²) in [4.78, 5) is 25.7. The Hall–Kier alpha value is -4.28. The Morgan fingerprint density at radius 3 is 2.43 bits per heavy atom. The van der Waals surface area contributed by atoms with Crippen LogP contribution in [0.15, 0.2) is 79.1 Å². The van der Waals surface area contributed by atoms with Gasteiger partial charge < -0.3 is 20.3 Å². The van der Waals surface area contributed by atoms with Gasteiger partial charge >= 0.3 is 5.97 Å². The Labute approximate surface area is 255 Å². The van der Waals surface area contributed by atoms with Crippen LogP contribution >= 0.6 is 0 Å². The molecule has 0 saturated heterocycles. The van der Waals surface area contributed by atoms with Crippen molar-refractivity contribution in [2.24, 2.45) is 11.8 Å². The number of carbonyl (C=O) groups is 1. The number of carbonyl (C=O) groups excluding carboxylic acids is 1. The number of hydrogen-bond acceptors (Lipinski definition) is 8. The summed E-state index contributed by atoms with van der Waals surface area (Å²) in [5, 5.41) is 24.8. The third kappa shape index (κ3) is 7.43. The van der Waals surface area contributed by atoms with Crippen molar-refractivity contribution >= 4 is 17.6 Å². The average Bonchev–Trinajstić information content (AvgIpc) is 3.03. The molecule has 4 aromatic rings. The lowest BCUT2D eigenvalue weighted by molar-refractivity contribution is -0.156. The van der Waals surface area contributed by atoms with E-state index in [4.69, 9.17) is 4.74 Å². The quantitative estimate of drug-likeness (QED) is 0.169. The third-order valence-electron chi connectivity index (χ3n) is 8.28. The van der Waals surface area contributed by atoms with Gasteiger partial charge in [0.15, 0.2) is 6.10 Å². The highest BCUT2D eigenvalue weighted by atomic mass is 19.3. The molecule has 3 aromatic heterocycles. The van der Waals surface area contributed by atoms with Crippen molar-refractivity contribution in [1.82, 2.24) is 15.0 Å². The van der Waals surface area contributed by atoms with Gasteiger partial charge in [-0.05, 0) is 98.9 Å². The number of aliphatic hydroxyl groups excluding tert-OH is 1. The molecular formula is C34H36F2N4O4. The van der Waals surface area contributed by atoms with Crippen LogP contribution in [-0.2, 0) is 15.1 Å². The second-order valence-electron chi connectivity index (χ2n) is 11.6. The maximum atomic E-state index is 13.1. The summed E-state index contributed by atoms with van der Waals surface area (Å²) in [6.45, 7) is 3.93. The summed E-state index contributed by atoms with van der Waals surface area (Å²) < 4.78 is 31.6. The molecule has 0 radical (unpaired) electrons. The van der Waals surface area contributed by atoms with Crippen LogP contribution in [0.3, 0.4) is 0 Å². The molecule has 230 valence electrons. The number of benzene rings is 1. The summed E-state index contributed by atoms with van der Waals surface area (Å²) in [6.07, 6.45) is 2.16. The molecule has 8 nitrogen and oxygen atoms in total. The number of aliphatic hydroxyl groups is 2. The fraction of sp³-hybridized carbons (Fsp3) is 0.353. The number of hydrogen-bond donors (Lipinski definition) is 3. The Morgan fingerprint density at radius 2 is 1.75 bits per heavy atom. The predicted octanol–water partition coefficient (Wildman–Crippen LogP) is 6.82. The molecule has 5 rings (SSSR count). The number of nitrogens with zero attached hydrogens (tertiary/aromatic N) is 3. The highest BCUT2D eigenvalue weighted by Gasteiger charge is 2.38. The van der Waals surface area contributed by atoms with Gasteiger partial charge in [-0.3, -0.25) is 4.98 Å². The number of ether oxygens (including phenoxy) is 1. The van der Waals surface area contributed by atoms with Gasteiger partial charge in [0.05, 0.1) is 18.0 Å². The van der Waals surface area contributed by atoms with Crippen LogP contribution in [0.25, 0.3) is 11.3 Å². The maximum absolute atomic E-state index is 13.1. The van der Waals surface area contributed by atoms with Gasteiger partial charge in [-0.2, -0.15) is 0 Å². The van der Waals surface area contributed by atoms with E-state index < -0.39 is 24.1 Å². The normalized spacial score (nSPS) is 18.8. The zero-order chi connectivity index (χ0) is 31.3. The van der Waals surface area contributed by atoms with E-state index in [2.05, 4.69) is 20.3 Å². The number of halogens is 2. The van der Waals surface area contributed by atoms with Crippen molar-refractivity contribution in [1.29, 1.82) is 0 Å². The zero-order valence-electron chi connectivity index (χ0n) is 24.7. The Balaban J connectivity index is 1.18. The number of nitrogens with one attached hydrogen (secondary N) is 1. The van der Waals surface area contributed by atoms with E-state index in [1.807, 2.05) is 25.1 Å². The van der Waals surface area contributed by atoms with Gasteiger partial charge in [0, 0.05) is 23.5 Å². The molecule has 10 heteroatoms. The highest BCUT2D eigenvalue weighted by molar-refractivity contribution is 5.76. The van der Waals surface area contributed by atoms with Crippen LogP contribution < -0.4 is 5.32 Å². The number of pyridine rings is 3. The van der Waals surface area contributed by atoms with Gasteiger partial charge in [-0.25, -0.2) is 23.5 Å². The monoisotopic (exact) mass is 602 g/mol. The van der Waals surface area contributed by atoms with Crippen LogP contribution in [0.5, 0.6) is 0 Å². The molecule has 0 spiro atoms. The minimum Gasteiger partial charge on any atom is -0.463 e. The summed E-state index contributed by atoms with van der Waals surface area (Å²) in [5.74, 6) is 0.221. The molecule has 44 heavy (non-hydrogen) atoms. The van der Waals surface area contributed by atoms with Crippen LogP contribution in [0.2, 0.25) is 0 Å². The van der Waals surface area contributed by atoms with E-state index in [0.717, 1.165) is 36.8 Å². The number of esters is 1. The van der Waals surface area contributed by atoms with E-state index in [-0.39, 0.29) is 29.8 Å². The lowest BCUT2D eigenvalue weighted by Gasteiger charge is -2.37. The highest BCUT2D eigenvalue weighted by Crippen LogP contribution is 2.40. The maximum Gasteiger partial charge on any atom is 0.339 e. The van der Waals surface area contributed by atoms with Gasteiger partial charge in [0.25, 0.3) is 6.43 Å². The van der Waals surface area contributed by atoms with Crippen molar-refractivity contribution in [2.45, 2.75) is 57.7 Å². The first-order chi connectivity index (χ1) is 21.1. The lowest BCUT2D eigenvalue weighted by atomic mass is 9.73. The van der Waals surface area contributed by atoms with E-state index in [0.29, 0.717) is 22.8 Å². The van der Waals surface area contributed by atoms with Crippen LogP contribution in [0, 0.1) is 18.8 Å². The fourth-order valence-electron chi connectivity index (χ4n) is 5.66. The van der Waals surface area contributed by atoms with Crippen molar-refractivity contribution in [3.63, 3.8) is 0 Å². The van der Waals surface area contributed by atoms with Crippen LogP contribution in [-0.4, -0.2) is 37.7 Å². The molecule has 0 bridgehead atoms. The molecule has 1 aromatic carbocycles. The Bertz CT molecular complexity index is 1560. The summed E-state index contributed by atoms with van der Waals surface area (Å²) in [5.41, 5.74) is 2.07. The molecule has 1 fully saturated rings. The van der Waals surface area contributed by atoms with Gasteiger partial charge in [-0.15, -0.1) is 0 Å². The lowest BCUT2D eigenvalue weighted by Crippen LogP contribution is -2.36. The second kappa shape index (κ2) is 13.6. The molecule has 1 aliphatic carbocycles. The van der Waals surface area contributed by atoms with E-state index in [1.165, 1.54) is 18.3 Å². The van der Waals surface area contributed by atoms with E-state index >= 15 is 0 Å². The van der Waals surface area contributed by atoms with E-state index in [9.17, 15) is 23.8 Å². The van der Waals surface area contributed by atoms with E-state index in [1.54, 1.807) is 49.5 Å². The topological polar surface area (TPSA) is 117 Å². The molecule has 0 amide bonds. The smallest absolute Gasteiger partial charge is 0.339 e. The molecule has 0 aliphatic heterocycles. The Kier molecular flexibility index (Phi) is 9.61. The fourth-order valence-corrected chi connectivity index (χ4v) is 5.66. The summed E-state index contributed by atoms with van der Waals surface area (Å²) in [7, 11) is 0. The van der Waals surface area contributed by atoms with Crippen LogP contribution in [0.4, 0.5) is 20.4 Å². The first-order valence-corrected chi connectivity index (χ1v) is 14.7. The number of rotatable bonds is 10. The van der Waals surface area contributed by atoms with Crippen molar-refractivity contribution in [2.75, 3.05) is 11.9 Å². The van der Waals surface area contributed by atoms with Gasteiger partial charge in [0.2, 0.25) is 0 Å². The first kappa shape index (κ1) is 31.2. The number of alkyl halides is 2. The minimum atomic E-state index is -2.60. The SMILES string of the molecule is Cc1cc(Nc2cc(C(F)F)ccn2)nc(-c2ccc([C@](C)(O)C3CCC(COC(=O)[C@H](O)c4ccccc4)CC3)nc2)c1. The van der Waals surface area contributed by atoms with Crippen molar-refractivity contribution < 1.29 is 28.5 Å². The summed E-state index contributed by atoms with van der Waals surface area (Å²) in [6, 6.07) is 18.6. The molecule has 1 aliphatic rings. The van der Waals surface area contributed by atoms with Crippen molar-refractivity contribution in [3.05, 3.63) is 102 Å². The zero-order valence-corrected chi connectivity index (χ0v) is 24.7. The third-order valence-corrected chi connectivity index (χ3v) is 8.28. The number of aromatic nitrogens is 3. The minimum absolute atomic E-state index is 0.0212. The average molecular weight is 603 g/mol. The largest absolute Gasteiger partial charge is 0.463 e. The van der Waals surface area contributed by atoms with Gasteiger partial charge in [0.1, 0.15) is 17.2 Å². The molecule has 2 atom stereocenters. The Morgan fingerprint density at radius 1 is 1.00 bits per heavy atom. The van der Waals surface area contributed by atoms with Crippen molar-refractivity contribution in [3.8, 4) is 11.3 Å². The van der Waals surface area contributed by atoms with Gasteiger partial charge in [-0.1, -0.05) is 30.3 Å². The first-order valence-electron chi connectivity index (χ1n) is 14.7. The molecule has 0 unspecified atom stereocenters.